The molecule has 0 saturated heterocycles. The molecule has 3 N–H and O–H groups in total. The van der Waals surface area contributed by atoms with E-state index in [1.165, 1.54) is 0 Å². The van der Waals surface area contributed by atoms with E-state index in [0.29, 0.717) is 6.54 Å². The van der Waals surface area contributed by atoms with Crippen molar-refractivity contribution in [1.29, 1.82) is 0 Å². The van der Waals surface area contributed by atoms with Gasteiger partial charge in [-0.3, -0.25) is 4.99 Å². The fourth-order valence-electron chi connectivity index (χ4n) is 0.312. The Kier molecular flexibility index (Phi) is 3.88. The Morgan fingerprint density at radius 3 is 2.78 bits per heavy atom. The van der Waals surface area contributed by atoms with E-state index in [9.17, 15) is 0 Å². The Hall–Kier alpha value is -0.700. The van der Waals surface area contributed by atoms with Crippen LogP contribution in [0.25, 0.3) is 0 Å². The van der Waals surface area contributed by atoms with Gasteiger partial charge in [-0.15, -0.1) is 0 Å². The normalized spacial score (nSPS) is 14.0. The molecule has 0 amide bonds. The highest BCUT2D eigenvalue weighted by molar-refractivity contribution is 6.42. The monoisotopic (exact) mass is 148 g/mol. The highest BCUT2D eigenvalue weighted by Crippen LogP contribution is 1.97. The molecule has 0 aromatic carbocycles. The summed E-state index contributed by atoms with van der Waals surface area (Å²) in [6.07, 6.45) is 0.718. The number of aliphatic hydroxyl groups is 1. The van der Waals surface area contributed by atoms with Crippen molar-refractivity contribution >= 4 is 17.4 Å². The predicted octanol–water partition coefficient (Wildman–Crippen LogP) is 1.00. The van der Waals surface area contributed by atoms with Crippen LogP contribution in [-0.4, -0.2) is 17.5 Å². The van der Waals surface area contributed by atoms with E-state index in [4.69, 9.17) is 22.4 Å². The average Bonchev–Trinajstić information content (AvgIpc) is 1.87. The molecule has 0 aromatic rings. The Morgan fingerprint density at radius 2 is 2.44 bits per heavy atom. The van der Waals surface area contributed by atoms with Crippen LogP contribution in [-0.2, 0) is 0 Å². The van der Waals surface area contributed by atoms with Crippen molar-refractivity contribution < 1.29 is 5.11 Å². The van der Waals surface area contributed by atoms with Crippen LogP contribution in [0, 0.1) is 0 Å². The van der Waals surface area contributed by atoms with Gasteiger partial charge in [0.1, 0.15) is 17.1 Å². The van der Waals surface area contributed by atoms with Gasteiger partial charge in [-0.25, -0.2) is 0 Å². The summed E-state index contributed by atoms with van der Waals surface area (Å²) in [7, 11) is 0. The number of hydrogen-bond acceptors (Lipinski definition) is 2. The van der Waals surface area contributed by atoms with Crippen LogP contribution in [0.2, 0.25) is 0 Å². The number of amidine groups is 1. The lowest BCUT2D eigenvalue weighted by molar-refractivity contribution is 0.473. The fraction of sp³-hybridized carbons (Fsp3) is 0.400. The molecule has 0 fully saturated rings. The predicted molar refractivity (Wildman–Crippen MR) is 38.7 cm³/mol. The van der Waals surface area contributed by atoms with Crippen molar-refractivity contribution in [3.8, 4) is 0 Å². The van der Waals surface area contributed by atoms with E-state index in [1.54, 1.807) is 0 Å². The molecule has 0 aliphatic heterocycles. The molecule has 0 atom stereocenters. The third-order valence-corrected chi connectivity index (χ3v) is 0.978. The standard InChI is InChI=1S/C5H9ClN2O/c1-2-8-5(7)4(6)3-9/h3,9H,2H2,1H3,(H2,7,8)/b4-3+. The lowest BCUT2D eigenvalue weighted by Gasteiger charge is -1.92. The number of nitrogens with zero attached hydrogens (tertiary/aromatic N) is 1. The molecular formula is C5H9ClN2O. The summed E-state index contributed by atoms with van der Waals surface area (Å²) in [4.78, 5) is 3.73. The largest absolute Gasteiger partial charge is 0.514 e. The average molecular weight is 149 g/mol. The maximum atomic E-state index is 8.28. The first-order chi connectivity index (χ1) is 4.22. The first-order valence-electron chi connectivity index (χ1n) is 2.52. The van der Waals surface area contributed by atoms with Gasteiger partial charge < -0.3 is 10.8 Å². The minimum Gasteiger partial charge on any atom is -0.514 e. The maximum absolute atomic E-state index is 8.28. The van der Waals surface area contributed by atoms with E-state index in [-0.39, 0.29) is 10.9 Å². The van der Waals surface area contributed by atoms with Gasteiger partial charge in [0.2, 0.25) is 0 Å². The Bertz CT molecular complexity index is 142. The number of aliphatic imine (C=N–C) groups is 1. The quantitative estimate of drug-likeness (QED) is 0.349. The molecule has 4 heteroatoms. The first kappa shape index (κ1) is 8.30. The van der Waals surface area contributed by atoms with Gasteiger partial charge in [0.25, 0.3) is 0 Å². The van der Waals surface area contributed by atoms with Gasteiger partial charge in [-0.1, -0.05) is 11.6 Å². The maximum Gasteiger partial charge on any atom is 0.140 e. The lowest BCUT2D eigenvalue weighted by Crippen LogP contribution is -2.11. The third kappa shape index (κ3) is 2.98. The molecule has 0 rings (SSSR count). The molecule has 0 radical (unpaired) electrons. The molecule has 0 aliphatic carbocycles. The Labute approximate surface area is 58.8 Å². The van der Waals surface area contributed by atoms with Crippen molar-refractivity contribution in [2.75, 3.05) is 6.54 Å². The van der Waals surface area contributed by atoms with Crippen molar-refractivity contribution in [1.82, 2.24) is 0 Å². The third-order valence-electron chi connectivity index (χ3n) is 0.686. The van der Waals surface area contributed by atoms with Gasteiger partial charge in [0.15, 0.2) is 0 Å². The first-order valence-corrected chi connectivity index (χ1v) is 2.90. The van der Waals surface area contributed by atoms with Gasteiger partial charge in [0.05, 0.1) is 0 Å². The van der Waals surface area contributed by atoms with Crippen LogP contribution in [0.15, 0.2) is 16.3 Å². The van der Waals surface area contributed by atoms with E-state index >= 15 is 0 Å². The summed E-state index contributed by atoms with van der Waals surface area (Å²) in [5.41, 5.74) is 5.23. The van der Waals surface area contributed by atoms with Crippen LogP contribution in [0.1, 0.15) is 6.92 Å². The van der Waals surface area contributed by atoms with Crippen molar-refractivity contribution in [2.24, 2.45) is 10.7 Å². The minimum atomic E-state index is 0.0804. The van der Waals surface area contributed by atoms with Gasteiger partial charge in [0, 0.05) is 6.54 Å². The van der Waals surface area contributed by atoms with Crippen molar-refractivity contribution in [3.05, 3.63) is 11.3 Å². The number of rotatable bonds is 2. The van der Waals surface area contributed by atoms with Gasteiger partial charge in [-0.2, -0.15) is 0 Å². The zero-order valence-corrected chi connectivity index (χ0v) is 5.89. The highest BCUT2D eigenvalue weighted by atomic mass is 35.5. The second-order valence-electron chi connectivity index (χ2n) is 1.34. The smallest absolute Gasteiger partial charge is 0.140 e. The van der Waals surface area contributed by atoms with E-state index in [0.717, 1.165) is 6.26 Å². The van der Waals surface area contributed by atoms with E-state index in [2.05, 4.69) is 4.99 Å². The molecule has 3 nitrogen and oxygen atoms in total. The molecular weight excluding hydrogens is 140 g/mol. The number of hydrogen-bond donors (Lipinski definition) is 2. The van der Waals surface area contributed by atoms with Crippen LogP contribution >= 0.6 is 11.6 Å². The highest BCUT2D eigenvalue weighted by Gasteiger charge is 1.94. The van der Waals surface area contributed by atoms with Crippen molar-refractivity contribution in [3.63, 3.8) is 0 Å². The Morgan fingerprint density at radius 1 is 1.89 bits per heavy atom. The number of aliphatic hydroxyl groups excluding tert-OH is 1. The molecule has 52 valence electrons. The van der Waals surface area contributed by atoms with Gasteiger partial charge >= 0.3 is 0 Å². The SMILES string of the molecule is CCN=C(N)/C(Cl)=C\O. The fourth-order valence-corrected chi connectivity index (χ4v) is 0.372. The summed E-state index contributed by atoms with van der Waals surface area (Å²) >= 11 is 5.35. The summed E-state index contributed by atoms with van der Waals surface area (Å²) in [5.74, 6) is 0.168. The topological polar surface area (TPSA) is 58.6 Å². The number of halogens is 1. The summed E-state index contributed by atoms with van der Waals surface area (Å²) < 4.78 is 0. The van der Waals surface area contributed by atoms with E-state index in [1.807, 2.05) is 6.92 Å². The molecule has 0 saturated carbocycles. The zero-order chi connectivity index (χ0) is 7.28. The summed E-state index contributed by atoms with van der Waals surface area (Å²) in [6, 6.07) is 0. The van der Waals surface area contributed by atoms with Crippen LogP contribution in [0.3, 0.4) is 0 Å². The molecule has 0 heterocycles. The summed E-state index contributed by atoms with van der Waals surface area (Å²) in [6.45, 7) is 2.39. The van der Waals surface area contributed by atoms with Crippen LogP contribution in [0.4, 0.5) is 0 Å². The molecule has 0 spiro atoms. The Balaban J connectivity index is 4.03. The van der Waals surface area contributed by atoms with E-state index < -0.39 is 0 Å². The molecule has 9 heavy (non-hydrogen) atoms. The molecule has 0 aliphatic rings. The van der Waals surface area contributed by atoms with Gasteiger partial charge in [-0.05, 0) is 6.92 Å². The van der Waals surface area contributed by atoms with Crippen LogP contribution < -0.4 is 5.73 Å². The van der Waals surface area contributed by atoms with Crippen molar-refractivity contribution in [2.45, 2.75) is 6.92 Å². The van der Waals surface area contributed by atoms with Crippen LogP contribution in [0.5, 0.6) is 0 Å². The minimum absolute atomic E-state index is 0.0804. The lowest BCUT2D eigenvalue weighted by atomic mass is 10.5. The summed E-state index contributed by atoms with van der Waals surface area (Å²) in [5, 5.41) is 8.36. The number of nitrogens with two attached hydrogens (primary N) is 1. The second kappa shape index (κ2) is 4.21. The zero-order valence-electron chi connectivity index (χ0n) is 5.13. The molecule has 0 bridgehead atoms. The molecule has 0 unspecified atom stereocenters. The second-order valence-corrected chi connectivity index (χ2v) is 1.74. The molecule has 0 aromatic heterocycles.